The van der Waals surface area contributed by atoms with Crippen LogP contribution in [0.4, 0.5) is 0 Å². The monoisotopic (exact) mass is 538 g/mol. The Morgan fingerprint density at radius 3 is 1.50 bits per heavy atom. The van der Waals surface area contributed by atoms with Gasteiger partial charge in [-0.15, -0.1) is 0 Å². The molecule has 0 heteroatoms. The van der Waals surface area contributed by atoms with Crippen LogP contribution in [0.5, 0.6) is 0 Å². The Balaban J connectivity index is 1.69. The van der Waals surface area contributed by atoms with E-state index in [0.717, 1.165) is 0 Å². The van der Waals surface area contributed by atoms with Crippen molar-refractivity contribution in [3.05, 3.63) is 169 Å². The zero-order valence-corrected chi connectivity index (χ0v) is 25.2. The second-order valence-electron chi connectivity index (χ2n) is 12.5. The summed E-state index contributed by atoms with van der Waals surface area (Å²) in [6.45, 7) is 13.6. The van der Waals surface area contributed by atoms with E-state index in [2.05, 4.69) is 139 Å². The Hall–Kier alpha value is -4.68. The van der Waals surface area contributed by atoms with Crippen LogP contribution < -0.4 is 10.4 Å². The fourth-order valence-electron chi connectivity index (χ4n) is 8.19. The first kappa shape index (κ1) is 25.1. The molecule has 2 aliphatic carbocycles. The minimum absolute atomic E-state index is 1.29. The van der Waals surface area contributed by atoms with Crippen molar-refractivity contribution < 1.29 is 0 Å². The van der Waals surface area contributed by atoms with Gasteiger partial charge in [0.15, 0.2) is 0 Å². The molecular weight excluding hydrogens is 504 g/mol. The molecule has 202 valence electrons. The van der Waals surface area contributed by atoms with Gasteiger partial charge in [0.25, 0.3) is 0 Å². The lowest BCUT2D eigenvalue weighted by Gasteiger charge is -2.20. The van der Waals surface area contributed by atoms with Crippen molar-refractivity contribution >= 4 is 38.3 Å². The number of hydrogen-bond donors (Lipinski definition) is 0. The van der Waals surface area contributed by atoms with Gasteiger partial charge in [0.1, 0.15) is 0 Å². The quantitative estimate of drug-likeness (QED) is 0.206. The minimum Gasteiger partial charge on any atom is -0.0616 e. The van der Waals surface area contributed by atoms with Crippen molar-refractivity contribution in [2.45, 2.75) is 41.5 Å². The average molecular weight is 539 g/mol. The predicted molar refractivity (Wildman–Crippen MR) is 179 cm³/mol. The van der Waals surface area contributed by atoms with Crippen molar-refractivity contribution in [2.75, 3.05) is 0 Å². The SMILES string of the molecule is Cc1cc(C)c(C2=C3C(=c4ccc5ccccc5c4=C3c3c(C)cc(C)cc3C)c3ccc4ccccc4c32)c(C)c1. The molecule has 0 atom stereocenters. The highest BCUT2D eigenvalue weighted by Crippen LogP contribution is 2.53. The Morgan fingerprint density at radius 2 is 0.881 bits per heavy atom. The molecule has 0 fully saturated rings. The van der Waals surface area contributed by atoms with Gasteiger partial charge in [0.05, 0.1) is 0 Å². The lowest BCUT2D eigenvalue weighted by atomic mass is 9.83. The third-order valence-corrected chi connectivity index (χ3v) is 9.50. The predicted octanol–water partition coefficient (Wildman–Crippen LogP) is 9.07. The largest absolute Gasteiger partial charge is 0.0616 e. The summed E-state index contributed by atoms with van der Waals surface area (Å²) >= 11 is 0. The van der Waals surface area contributed by atoms with Crippen LogP contribution in [-0.4, -0.2) is 0 Å². The first-order valence-electron chi connectivity index (χ1n) is 15.0. The third-order valence-electron chi connectivity index (χ3n) is 9.50. The standard InChI is InChI=1S/C42H34/c1-23-19-25(3)35(26(4)20-23)40-37-31-13-9-7-11-29(31)15-17-33(37)39-34-18-16-30-12-8-10-14-32(30)38(34)41(42(39)40)36-27(5)21-24(2)22-28(36)6/h7-22H,1-6H3. The molecule has 0 aromatic heterocycles. The molecule has 0 saturated heterocycles. The second-order valence-corrected chi connectivity index (χ2v) is 12.5. The van der Waals surface area contributed by atoms with Crippen LogP contribution in [0.15, 0.2) is 103 Å². The molecule has 6 aromatic carbocycles. The molecule has 0 bridgehead atoms. The number of hydrogen-bond acceptors (Lipinski definition) is 0. The molecule has 0 radical (unpaired) electrons. The maximum atomic E-state index is 2.38. The van der Waals surface area contributed by atoms with Crippen LogP contribution in [0.25, 0.3) is 38.3 Å². The second kappa shape index (κ2) is 8.91. The summed E-state index contributed by atoms with van der Waals surface area (Å²) in [7, 11) is 0. The smallest absolute Gasteiger partial charge is 0.0000973 e. The molecule has 0 saturated carbocycles. The molecule has 0 nitrogen and oxygen atoms in total. The van der Waals surface area contributed by atoms with Crippen molar-refractivity contribution in [3.63, 3.8) is 0 Å². The fourth-order valence-corrected chi connectivity index (χ4v) is 8.19. The summed E-state index contributed by atoms with van der Waals surface area (Å²) in [6.07, 6.45) is 0. The van der Waals surface area contributed by atoms with Crippen molar-refractivity contribution in [1.82, 2.24) is 0 Å². The van der Waals surface area contributed by atoms with E-state index in [1.165, 1.54) is 110 Å². The van der Waals surface area contributed by atoms with E-state index in [4.69, 9.17) is 0 Å². The first-order valence-corrected chi connectivity index (χ1v) is 15.0. The summed E-state index contributed by atoms with van der Waals surface area (Å²) in [5.41, 5.74) is 19.0. The van der Waals surface area contributed by atoms with Crippen molar-refractivity contribution in [3.8, 4) is 0 Å². The van der Waals surface area contributed by atoms with Crippen LogP contribution in [0.3, 0.4) is 0 Å². The highest BCUT2D eigenvalue weighted by Gasteiger charge is 2.37. The van der Waals surface area contributed by atoms with Gasteiger partial charge in [0, 0.05) is 0 Å². The van der Waals surface area contributed by atoms with Gasteiger partial charge >= 0.3 is 0 Å². The number of fused-ring (bicyclic) bond motifs is 8. The first-order chi connectivity index (χ1) is 20.3. The van der Waals surface area contributed by atoms with Gasteiger partial charge < -0.3 is 0 Å². The highest BCUT2D eigenvalue weighted by molar-refractivity contribution is 6.22. The molecule has 0 amide bonds. The number of aryl methyl sites for hydroxylation is 6. The molecule has 2 aliphatic rings. The molecule has 6 aromatic rings. The minimum atomic E-state index is 1.29. The number of rotatable bonds is 2. The Kier molecular flexibility index (Phi) is 5.32. The maximum absolute atomic E-state index is 2.38. The van der Waals surface area contributed by atoms with Crippen molar-refractivity contribution in [1.29, 1.82) is 0 Å². The highest BCUT2D eigenvalue weighted by atomic mass is 14.4. The number of benzene rings is 6. The Labute approximate surface area is 248 Å². The maximum Gasteiger partial charge on any atom is -0.0000973 e. The Morgan fingerprint density at radius 1 is 0.381 bits per heavy atom. The van der Waals surface area contributed by atoms with Crippen LogP contribution in [0.1, 0.15) is 55.6 Å². The van der Waals surface area contributed by atoms with E-state index >= 15 is 0 Å². The summed E-state index contributed by atoms with van der Waals surface area (Å²) < 4.78 is 0. The van der Waals surface area contributed by atoms with E-state index in [1.807, 2.05) is 0 Å². The van der Waals surface area contributed by atoms with Gasteiger partial charge in [-0.1, -0.05) is 108 Å². The molecular formula is C42H34. The lowest BCUT2D eigenvalue weighted by Crippen LogP contribution is -2.26. The summed E-state index contributed by atoms with van der Waals surface area (Å²) in [5, 5.41) is 7.98. The molecule has 8 rings (SSSR count). The van der Waals surface area contributed by atoms with Gasteiger partial charge in [-0.2, -0.15) is 0 Å². The van der Waals surface area contributed by atoms with E-state index in [9.17, 15) is 0 Å². The van der Waals surface area contributed by atoms with E-state index in [-0.39, 0.29) is 0 Å². The van der Waals surface area contributed by atoms with Crippen molar-refractivity contribution in [2.24, 2.45) is 0 Å². The van der Waals surface area contributed by atoms with E-state index in [1.54, 1.807) is 0 Å². The third kappa shape index (κ3) is 3.36. The van der Waals surface area contributed by atoms with Crippen LogP contribution in [0, 0.1) is 41.5 Å². The topological polar surface area (TPSA) is 0 Å². The molecule has 0 heterocycles. The van der Waals surface area contributed by atoms with Gasteiger partial charge in [-0.3, -0.25) is 0 Å². The van der Waals surface area contributed by atoms with Gasteiger partial charge in [0.2, 0.25) is 0 Å². The zero-order chi connectivity index (χ0) is 28.9. The van der Waals surface area contributed by atoms with Crippen LogP contribution >= 0.6 is 0 Å². The normalized spacial score (nSPS) is 13.8. The van der Waals surface area contributed by atoms with Crippen LogP contribution in [-0.2, 0) is 0 Å². The summed E-state index contributed by atoms with van der Waals surface area (Å²) in [6, 6.07) is 36.7. The fraction of sp³-hybridized carbons (Fsp3) is 0.143. The molecule has 0 N–H and O–H groups in total. The molecule has 0 aliphatic heterocycles. The molecule has 42 heavy (non-hydrogen) atoms. The van der Waals surface area contributed by atoms with Crippen LogP contribution in [0.2, 0.25) is 0 Å². The zero-order valence-electron chi connectivity index (χ0n) is 25.2. The molecule has 0 unspecified atom stereocenters. The molecule has 0 spiro atoms. The summed E-state index contributed by atoms with van der Waals surface area (Å²) in [4.78, 5) is 0. The Bertz CT molecular complexity index is 2290. The summed E-state index contributed by atoms with van der Waals surface area (Å²) in [5.74, 6) is 0. The number of allylic oxidation sites excluding steroid dienone is 1. The lowest BCUT2D eigenvalue weighted by molar-refractivity contribution is 1.28. The average Bonchev–Trinajstić information content (AvgIpc) is 3.46. The van der Waals surface area contributed by atoms with E-state index in [0.29, 0.717) is 0 Å². The van der Waals surface area contributed by atoms with Gasteiger partial charge in [-0.25, -0.2) is 0 Å². The van der Waals surface area contributed by atoms with Gasteiger partial charge in [-0.05, 0) is 140 Å². The van der Waals surface area contributed by atoms with E-state index < -0.39 is 0 Å².